The first kappa shape index (κ1) is 15.0. The molecule has 0 aliphatic heterocycles. The summed E-state index contributed by atoms with van der Waals surface area (Å²) >= 11 is 0. The molecule has 0 saturated heterocycles. The average Bonchev–Trinajstić information content (AvgIpc) is 2.72. The van der Waals surface area contributed by atoms with Crippen LogP contribution in [0.15, 0.2) is 36.5 Å². The smallest absolute Gasteiger partial charge is 0.310 e. The van der Waals surface area contributed by atoms with Crippen LogP contribution >= 0.6 is 0 Å². The van der Waals surface area contributed by atoms with Gasteiger partial charge in [0.05, 0.1) is 0 Å². The van der Waals surface area contributed by atoms with Crippen molar-refractivity contribution in [2.75, 3.05) is 0 Å². The van der Waals surface area contributed by atoms with Gasteiger partial charge in [0.15, 0.2) is 0 Å². The lowest BCUT2D eigenvalue weighted by molar-refractivity contribution is -0.156. The number of carbonyl (C=O) groups excluding carboxylic acids is 2. The Bertz CT molecular complexity index is 545. The number of rotatable bonds is 2. The van der Waals surface area contributed by atoms with Crippen molar-refractivity contribution in [1.82, 2.24) is 4.57 Å². The summed E-state index contributed by atoms with van der Waals surface area (Å²) in [5, 5.41) is 1.34. The van der Waals surface area contributed by atoms with Crippen molar-refractivity contribution in [1.29, 1.82) is 0 Å². The normalized spacial score (nSPS) is 9.63. The highest BCUT2D eigenvalue weighted by molar-refractivity contribution is 5.82. The highest BCUT2D eigenvalue weighted by Gasteiger charge is 1.96. The second kappa shape index (κ2) is 7.36. The molecule has 0 amide bonds. The summed E-state index contributed by atoms with van der Waals surface area (Å²) in [6, 6.07) is 10.7. The summed E-state index contributed by atoms with van der Waals surface area (Å²) in [5.74, 6) is -1.12. The second-order valence-electron chi connectivity index (χ2n) is 4.15. The van der Waals surface area contributed by atoms with Crippen molar-refractivity contribution >= 4 is 22.8 Å². The molecule has 19 heavy (non-hydrogen) atoms. The van der Waals surface area contributed by atoms with Crippen LogP contribution in [0.3, 0.4) is 0 Å². The Morgan fingerprint density at radius 2 is 1.74 bits per heavy atom. The van der Waals surface area contributed by atoms with Crippen molar-refractivity contribution in [2.24, 2.45) is 0 Å². The van der Waals surface area contributed by atoms with Gasteiger partial charge in [0.1, 0.15) is 0 Å². The van der Waals surface area contributed by atoms with Crippen LogP contribution in [0.25, 0.3) is 10.9 Å². The third-order valence-corrected chi connectivity index (χ3v) is 2.43. The van der Waals surface area contributed by atoms with Gasteiger partial charge in [-0.05, 0) is 23.9 Å². The van der Waals surface area contributed by atoms with E-state index in [1.807, 2.05) is 0 Å². The fraction of sp³-hybridized carbons (Fsp3) is 0.333. The molecule has 4 nitrogen and oxygen atoms in total. The van der Waals surface area contributed by atoms with Crippen molar-refractivity contribution in [3.05, 3.63) is 36.5 Å². The highest BCUT2D eigenvalue weighted by atomic mass is 16.6. The molecule has 102 valence electrons. The zero-order valence-electron chi connectivity index (χ0n) is 11.6. The van der Waals surface area contributed by atoms with Crippen LogP contribution in [-0.2, 0) is 20.9 Å². The Morgan fingerprint density at radius 1 is 1.11 bits per heavy atom. The number of carbonyl (C=O) groups is 2. The number of ether oxygens (including phenoxy) is 1. The Kier molecular flexibility index (Phi) is 5.79. The fourth-order valence-corrected chi connectivity index (χ4v) is 1.78. The summed E-state index contributed by atoms with van der Waals surface area (Å²) in [4.78, 5) is 19.6. The maximum Gasteiger partial charge on any atom is 0.310 e. The van der Waals surface area contributed by atoms with Gasteiger partial charge in [-0.25, -0.2) is 0 Å². The molecular formula is C15H19NO3. The predicted octanol–water partition coefficient (Wildman–Crippen LogP) is 3.15. The Morgan fingerprint density at radius 3 is 2.26 bits per heavy atom. The summed E-state index contributed by atoms with van der Waals surface area (Å²) in [5.41, 5.74) is 1.35. The van der Waals surface area contributed by atoms with Crippen LogP contribution < -0.4 is 0 Å². The largest absolute Gasteiger partial charge is 0.394 e. The standard InChI is InChI=1S/C11H13N.C4H6O3/c1-2-8-12-9-7-10-5-3-4-6-11(10)12;1-3(5)7-4(2)6/h3-7,9H,2,8H2,1H3;1-2H3. The first-order chi connectivity index (χ1) is 9.04. The number of fused-ring (bicyclic) bond motifs is 1. The number of esters is 2. The molecule has 4 heteroatoms. The summed E-state index contributed by atoms with van der Waals surface area (Å²) in [7, 11) is 0. The van der Waals surface area contributed by atoms with E-state index in [1.165, 1.54) is 31.2 Å². The van der Waals surface area contributed by atoms with Gasteiger partial charge in [-0.2, -0.15) is 0 Å². The third kappa shape index (κ3) is 4.95. The molecule has 0 saturated carbocycles. The molecule has 0 aliphatic carbocycles. The van der Waals surface area contributed by atoms with Gasteiger partial charge in [-0.3, -0.25) is 9.59 Å². The topological polar surface area (TPSA) is 48.3 Å². The predicted molar refractivity (Wildman–Crippen MR) is 74.7 cm³/mol. The lowest BCUT2D eigenvalue weighted by atomic mass is 10.2. The molecule has 1 heterocycles. The van der Waals surface area contributed by atoms with Gasteiger partial charge in [0, 0.05) is 32.1 Å². The summed E-state index contributed by atoms with van der Waals surface area (Å²) in [6.07, 6.45) is 3.35. The van der Waals surface area contributed by atoms with Crippen molar-refractivity contribution in [3.8, 4) is 0 Å². The van der Waals surface area contributed by atoms with Gasteiger partial charge in [-0.1, -0.05) is 25.1 Å². The molecule has 2 aromatic rings. The number of hydrogen-bond donors (Lipinski definition) is 0. The van der Waals surface area contributed by atoms with Crippen LogP contribution in [0.1, 0.15) is 27.2 Å². The van der Waals surface area contributed by atoms with Gasteiger partial charge in [-0.15, -0.1) is 0 Å². The molecular weight excluding hydrogens is 242 g/mol. The number of aromatic nitrogens is 1. The molecule has 0 spiro atoms. The lowest BCUT2D eigenvalue weighted by Gasteiger charge is -2.01. The molecule has 0 atom stereocenters. The molecule has 1 aromatic carbocycles. The molecule has 0 aliphatic rings. The molecule has 0 radical (unpaired) electrons. The van der Waals surface area contributed by atoms with E-state index in [9.17, 15) is 9.59 Å². The lowest BCUT2D eigenvalue weighted by Crippen LogP contribution is -2.03. The monoisotopic (exact) mass is 261 g/mol. The van der Waals surface area contributed by atoms with E-state index in [1.54, 1.807) is 0 Å². The van der Waals surface area contributed by atoms with Crippen LogP contribution in [-0.4, -0.2) is 16.5 Å². The maximum atomic E-state index is 9.81. The van der Waals surface area contributed by atoms with Crippen LogP contribution in [0.2, 0.25) is 0 Å². The van der Waals surface area contributed by atoms with Gasteiger partial charge in [0.25, 0.3) is 0 Å². The average molecular weight is 261 g/mol. The van der Waals surface area contributed by atoms with E-state index in [4.69, 9.17) is 0 Å². The Labute approximate surface area is 113 Å². The Balaban J connectivity index is 0.000000224. The van der Waals surface area contributed by atoms with E-state index in [0.29, 0.717) is 0 Å². The summed E-state index contributed by atoms with van der Waals surface area (Å²) in [6.45, 7) is 5.69. The first-order valence-corrected chi connectivity index (χ1v) is 6.27. The molecule has 0 bridgehead atoms. The van der Waals surface area contributed by atoms with Gasteiger partial charge in [0.2, 0.25) is 0 Å². The number of aryl methyl sites for hydroxylation is 1. The van der Waals surface area contributed by atoms with E-state index >= 15 is 0 Å². The van der Waals surface area contributed by atoms with Crippen LogP contribution in [0, 0.1) is 0 Å². The quantitative estimate of drug-likeness (QED) is 0.616. The van der Waals surface area contributed by atoms with E-state index in [2.05, 4.69) is 52.8 Å². The van der Waals surface area contributed by atoms with Crippen molar-refractivity contribution in [3.63, 3.8) is 0 Å². The van der Waals surface area contributed by atoms with Crippen LogP contribution in [0.4, 0.5) is 0 Å². The molecule has 0 fully saturated rings. The molecule has 0 N–H and O–H groups in total. The van der Waals surface area contributed by atoms with Gasteiger partial charge < -0.3 is 9.30 Å². The number of nitrogens with zero attached hydrogens (tertiary/aromatic N) is 1. The van der Waals surface area contributed by atoms with E-state index in [0.717, 1.165) is 6.54 Å². The second-order valence-corrected chi connectivity index (χ2v) is 4.15. The minimum atomic E-state index is -0.562. The SMILES string of the molecule is CC(=O)OC(C)=O.CCCn1ccc2ccccc21. The minimum Gasteiger partial charge on any atom is -0.394 e. The highest BCUT2D eigenvalue weighted by Crippen LogP contribution is 2.14. The zero-order valence-corrected chi connectivity index (χ0v) is 11.6. The third-order valence-electron chi connectivity index (χ3n) is 2.43. The van der Waals surface area contributed by atoms with E-state index < -0.39 is 11.9 Å². The molecule has 1 aromatic heterocycles. The summed E-state index contributed by atoms with van der Waals surface area (Å²) < 4.78 is 6.27. The minimum absolute atomic E-state index is 0.562. The molecule has 0 unspecified atom stereocenters. The zero-order chi connectivity index (χ0) is 14.3. The first-order valence-electron chi connectivity index (χ1n) is 6.27. The molecule has 2 rings (SSSR count). The van der Waals surface area contributed by atoms with Crippen molar-refractivity contribution < 1.29 is 14.3 Å². The van der Waals surface area contributed by atoms with Crippen LogP contribution in [0.5, 0.6) is 0 Å². The van der Waals surface area contributed by atoms with Gasteiger partial charge >= 0.3 is 11.9 Å². The van der Waals surface area contributed by atoms with E-state index in [-0.39, 0.29) is 0 Å². The fourth-order valence-electron chi connectivity index (χ4n) is 1.78. The number of para-hydroxylation sites is 1. The maximum absolute atomic E-state index is 9.81. The number of benzene rings is 1. The van der Waals surface area contributed by atoms with Crippen molar-refractivity contribution in [2.45, 2.75) is 33.7 Å². The number of hydrogen-bond acceptors (Lipinski definition) is 3. The Hall–Kier alpha value is -2.10.